The van der Waals surface area contributed by atoms with Crippen molar-refractivity contribution in [2.24, 2.45) is 0 Å². The minimum Gasteiger partial charge on any atom is -0.372 e. The first kappa shape index (κ1) is 16.5. The van der Waals surface area contributed by atoms with Crippen molar-refractivity contribution in [1.82, 2.24) is 15.2 Å². The van der Waals surface area contributed by atoms with Gasteiger partial charge in [0, 0.05) is 31.0 Å². The van der Waals surface area contributed by atoms with Crippen LogP contribution in [0.25, 0.3) is 0 Å². The van der Waals surface area contributed by atoms with Crippen LogP contribution in [-0.4, -0.2) is 34.8 Å². The molecule has 1 aromatic heterocycles. The van der Waals surface area contributed by atoms with Crippen molar-refractivity contribution in [2.75, 3.05) is 35.2 Å². The van der Waals surface area contributed by atoms with Gasteiger partial charge in [0.05, 0.1) is 6.20 Å². The van der Waals surface area contributed by atoms with Crippen LogP contribution in [0.4, 0.5) is 23.1 Å². The number of rotatable bonds is 8. The van der Waals surface area contributed by atoms with Crippen LogP contribution in [0.1, 0.15) is 39.0 Å². The van der Waals surface area contributed by atoms with Crippen molar-refractivity contribution >= 4 is 23.1 Å². The highest BCUT2D eigenvalue weighted by Gasteiger charge is 2.11. The second-order valence-electron chi connectivity index (χ2n) is 6.17. The van der Waals surface area contributed by atoms with Crippen LogP contribution in [0.2, 0.25) is 0 Å². The predicted molar refractivity (Wildman–Crippen MR) is 99.0 cm³/mol. The van der Waals surface area contributed by atoms with Crippen molar-refractivity contribution < 1.29 is 0 Å². The molecule has 0 atom stereocenters. The summed E-state index contributed by atoms with van der Waals surface area (Å²) < 4.78 is 0. The van der Waals surface area contributed by atoms with Gasteiger partial charge in [0.15, 0.2) is 5.82 Å². The van der Waals surface area contributed by atoms with E-state index in [-0.39, 0.29) is 0 Å². The molecule has 2 aromatic rings. The molecule has 1 aliphatic rings. The third kappa shape index (κ3) is 4.57. The molecule has 6 heteroatoms. The Bertz CT molecular complexity index is 622. The van der Waals surface area contributed by atoms with E-state index in [4.69, 9.17) is 0 Å². The van der Waals surface area contributed by atoms with Gasteiger partial charge in [-0.3, -0.25) is 0 Å². The fourth-order valence-electron chi connectivity index (χ4n) is 2.89. The zero-order chi connectivity index (χ0) is 16.6. The van der Waals surface area contributed by atoms with Crippen molar-refractivity contribution in [2.45, 2.75) is 39.0 Å². The molecule has 1 saturated heterocycles. The van der Waals surface area contributed by atoms with Crippen LogP contribution >= 0.6 is 0 Å². The van der Waals surface area contributed by atoms with Gasteiger partial charge in [0.1, 0.15) is 0 Å². The zero-order valence-electron chi connectivity index (χ0n) is 14.3. The normalized spacial score (nSPS) is 14.0. The maximum atomic E-state index is 4.46. The Morgan fingerprint density at radius 1 is 1.08 bits per heavy atom. The summed E-state index contributed by atoms with van der Waals surface area (Å²) in [6.45, 7) is 5.43. The SMILES string of the molecule is CCCCCNc1cnnc(Nc2ccc(N3CCCC3)cc2)n1. The first-order chi connectivity index (χ1) is 11.8. The number of nitrogens with one attached hydrogen (secondary N) is 2. The van der Waals surface area contributed by atoms with Crippen molar-refractivity contribution in [1.29, 1.82) is 0 Å². The highest BCUT2D eigenvalue weighted by Crippen LogP contribution is 2.23. The molecule has 6 nitrogen and oxygen atoms in total. The lowest BCUT2D eigenvalue weighted by molar-refractivity contribution is 0.741. The molecule has 1 aliphatic heterocycles. The Morgan fingerprint density at radius 3 is 2.62 bits per heavy atom. The van der Waals surface area contributed by atoms with Gasteiger partial charge in [0.25, 0.3) is 0 Å². The van der Waals surface area contributed by atoms with E-state index >= 15 is 0 Å². The molecule has 1 fully saturated rings. The summed E-state index contributed by atoms with van der Waals surface area (Å²) in [6, 6.07) is 8.43. The van der Waals surface area contributed by atoms with Gasteiger partial charge in [-0.25, -0.2) is 0 Å². The van der Waals surface area contributed by atoms with Crippen LogP contribution in [0.5, 0.6) is 0 Å². The highest BCUT2D eigenvalue weighted by molar-refractivity contribution is 5.59. The number of anilines is 4. The molecule has 0 saturated carbocycles. The number of hydrogen-bond acceptors (Lipinski definition) is 6. The maximum Gasteiger partial charge on any atom is 0.249 e. The Hall–Kier alpha value is -2.37. The molecular formula is C18H26N6. The smallest absolute Gasteiger partial charge is 0.249 e. The zero-order valence-corrected chi connectivity index (χ0v) is 14.3. The maximum absolute atomic E-state index is 4.46. The molecule has 24 heavy (non-hydrogen) atoms. The fraction of sp³-hybridized carbons (Fsp3) is 0.500. The molecule has 3 rings (SSSR count). The topological polar surface area (TPSA) is 66.0 Å². The number of unbranched alkanes of at least 4 members (excludes halogenated alkanes) is 2. The van der Waals surface area contributed by atoms with Gasteiger partial charge in [-0.05, 0) is 43.5 Å². The average Bonchev–Trinajstić information content (AvgIpc) is 3.14. The largest absolute Gasteiger partial charge is 0.372 e. The van der Waals surface area contributed by atoms with Gasteiger partial charge in [-0.1, -0.05) is 19.8 Å². The predicted octanol–water partition coefficient (Wildman–Crippen LogP) is 3.82. The third-order valence-electron chi connectivity index (χ3n) is 4.24. The van der Waals surface area contributed by atoms with Crippen LogP contribution in [-0.2, 0) is 0 Å². The van der Waals surface area contributed by atoms with Crippen LogP contribution < -0.4 is 15.5 Å². The van der Waals surface area contributed by atoms with Gasteiger partial charge in [-0.15, -0.1) is 5.10 Å². The first-order valence-corrected chi connectivity index (χ1v) is 8.91. The van der Waals surface area contributed by atoms with Crippen LogP contribution in [0.3, 0.4) is 0 Å². The summed E-state index contributed by atoms with van der Waals surface area (Å²) in [5.74, 6) is 1.28. The van der Waals surface area contributed by atoms with E-state index in [0.29, 0.717) is 5.95 Å². The second kappa shape index (κ2) is 8.47. The Balaban J connectivity index is 1.57. The minimum atomic E-state index is 0.518. The summed E-state index contributed by atoms with van der Waals surface area (Å²) in [5, 5.41) is 14.6. The van der Waals surface area contributed by atoms with Crippen LogP contribution in [0.15, 0.2) is 30.5 Å². The van der Waals surface area contributed by atoms with Crippen molar-refractivity contribution in [3.05, 3.63) is 30.5 Å². The molecule has 0 aliphatic carbocycles. The van der Waals surface area contributed by atoms with Gasteiger partial charge in [-0.2, -0.15) is 10.1 Å². The monoisotopic (exact) mass is 326 g/mol. The van der Waals surface area contributed by atoms with E-state index < -0.39 is 0 Å². The second-order valence-corrected chi connectivity index (χ2v) is 6.17. The summed E-state index contributed by atoms with van der Waals surface area (Å²) >= 11 is 0. The standard InChI is InChI=1S/C18H26N6/c1-2-3-4-11-19-17-14-20-23-18(22-17)21-15-7-9-16(10-8-15)24-12-5-6-13-24/h7-10,14H,2-6,11-13H2,1H3,(H2,19,21,22,23). The molecule has 2 N–H and O–H groups in total. The third-order valence-corrected chi connectivity index (χ3v) is 4.24. The molecule has 0 unspecified atom stereocenters. The summed E-state index contributed by atoms with van der Waals surface area (Å²) in [4.78, 5) is 6.88. The van der Waals surface area contributed by atoms with Gasteiger partial charge >= 0.3 is 0 Å². The Morgan fingerprint density at radius 2 is 1.88 bits per heavy atom. The minimum absolute atomic E-state index is 0.518. The molecule has 0 radical (unpaired) electrons. The van der Waals surface area contributed by atoms with Crippen molar-refractivity contribution in [3.63, 3.8) is 0 Å². The molecule has 0 spiro atoms. The Labute approximate surface area is 143 Å². The average molecular weight is 326 g/mol. The number of hydrogen-bond donors (Lipinski definition) is 2. The number of nitrogens with zero attached hydrogens (tertiary/aromatic N) is 4. The number of aromatic nitrogens is 3. The molecule has 2 heterocycles. The lowest BCUT2D eigenvalue weighted by Crippen LogP contribution is -2.17. The molecule has 1 aromatic carbocycles. The molecule has 0 bridgehead atoms. The van der Waals surface area contributed by atoms with E-state index in [1.54, 1.807) is 6.20 Å². The van der Waals surface area contributed by atoms with Gasteiger partial charge < -0.3 is 15.5 Å². The molecule has 128 valence electrons. The highest BCUT2D eigenvalue weighted by atomic mass is 15.3. The van der Waals surface area contributed by atoms with Crippen LogP contribution in [0, 0.1) is 0 Å². The van der Waals surface area contributed by atoms with Gasteiger partial charge in [0.2, 0.25) is 5.95 Å². The lowest BCUT2D eigenvalue weighted by Gasteiger charge is -2.17. The molecule has 0 amide bonds. The molecular weight excluding hydrogens is 300 g/mol. The Kier molecular flexibility index (Phi) is 5.82. The quantitative estimate of drug-likeness (QED) is 0.719. The first-order valence-electron chi connectivity index (χ1n) is 8.91. The van der Waals surface area contributed by atoms with E-state index in [9.17, 15) is 0 Å². The van der Waals surface area contributed by atoms with E-state index in [1.807, 2.05) is 0 Å². The van der Waals surface area contributed by atoms with E-state index in [2.05, 4.69) is 61.9 Å². The van der Waals surface area contributed by atoms with Crippen molar-refractivity contribution in [3.8, 4) is 0 Å². The van der Waals surface area contributed by atoms with E-state index in [0.717, 1.165) is 37.6 Å². The summed E-state index contributed by atoms with van der Waals surface area (Å²) in [6.07, 6.45) is 7.81. The summed E-state index contributed by atoms with van der Waals surface area (Å²) in [7, 11) is 0. The lowest BCUT2D eigenvalue weighted by atomic mass is 10.2. The summed E-state index contributed by atoms with van der Waals surface area (Å²) in [5.41, 5.74) is 2.26. The number of benzene rings is 1. The fourth-order valence-corrected chi connectivity index (χ4v) is 2.89. The van der Waals surface area contributed by atoms with E-state index in [1.165, 1.54) is 31.4 Å².